The smallest absolute Gasteiger partial charge is 0.251 e. The lowest BCUT2D eigenvalue weighted by Gasteiger charge is -2.29. The van der Waals surface area contributed by atoms with Gasteiger partial charge >= 0.3 is 0 Å². The van der Waals surface area contributed by atoms with Crippen LogP contribution < -0.4 is 10.1 Å². The summed E-state index contributed by atoms with van der Waals surface area (Å²) in [5, 5.41) is 3.00. The number of carbonyl (C=O) groups excluding carboxylic acids is 1. The SMILES string of the molecule is COc1ccc(C(=O)N[C@H]2CCCC[C@@H]2C)cc1F. The Labute approximate surface area is 113 Å². The van der Waals surface area contributed by atoms with E-state index in [1.165, 1.54) is 25.7 Å². The van der Waals surface area contributed by atoms with Crippen LogP contribution in [-0.2, 0) is 0 Å². The maximum atomic E-state index is 13.6. The van der Waals surface area contributed by atoms with Crippen molar-refractivity contribution >= 4 is 5.91 Å². The van der Waals surface area contributed by atoms with Gasteiger partial charge in [-0.15, -0.1) is 0 Å². The second-order valence-corrected chi connectivity index (χ2v) is 5.19. The first-order chi connectivity index (χ1) is 9.11. The first-order valence-electron chi connectivity index (χ1n) is 6.76. The van der Waals surface area contributed by atoms with Gasteiger partial charge in [0.05, 0.1) is 7.11 Å². The lowest BCUT2D eigenvalue weighted by Crippen LogP contribution is -2.41. The van der Waals surface area contributed by atoms with E-state index in [9.17, 15) is 9.18 Å². The van der Waals surface area contributed by atoms with E-state index in [0.717, 1.165) is 19.3 Å². The highest BCUT2D eigenvalue weighted by molar-refractivity contribution is 5.94. The molecular formula is C15H20FNO2. The molecule has 2 atom stereocenters. The van der Waals surface area contributed by atoms with Crippen molar-refractivity contribution in [3.8, 4) is 5.75 Å². The van der Waals surface area contributed by atoms with Crippen molar-refractivity contribution in [2.75, 3.05) is 7.11 Å². The van der Waals surface area contributed by atoms with Crippen molar-refractivity contribution in [1.29, 1.82) is 0 Å². The highest BCUT2D eigenvalue weighted by Gasteiger charge is 2.23. The van der Waals surface area contributed by atoms with Crippen LogP contribution in [0.2, 0.25) is 0 Å². The Morgan fingerprint density at radius 3 is 2.74 bits per heavy atom. The van der Waals surface area contributed by atoms with Gasteiger partial charge in [0.25, 0.3) is 5.91 Å². The largest absolute Gasteiger partial charge is 0.494 e. The molecule has 1 fully saturated rings. The molecule has 2 rings (SSSR count). The van der Waals surface area contributed by atoms with E-state index in [4.69, 9.17) is 4.74 Å². The van der Waals surface area contributed by atoms with E-state index in [2.05, 4.69) is 12.2 Å². The van der Waals surface area contributed by atoms with Crippen LogP contribution in [0.3, 0.4) is 0 Å². The third kappa shape index (κ3) is 3.25. The zero-order valence-electron chi connectivity index (χ0n) is 11.4. The minimum atomic E-state index is -0.508. The molecule has 1 aromatic carbocycles. The molecular weight excluding hydrogens is 245 g/mol. The first-order valence-corrected chi connectivity index (χ1v) is 6.76. The number of rotatable bonds is 3. The third-order valence-electron chi connectivity index (χ3n) is 3.84. The lowest BCUT2D eigenvalue weighted by atomic mass is 9.86. The maximum Gasteiger partial charge on any atom is 0.251 e. The van der Waals surface area contributed by atoms with Crippen LogP contribution in [0.15, 0.2) is 18.2 Å². The summed E-state index contributed by atoms with van der Waals surface area (Å²) in [6, 6.07) is 4.49. The Balaban J connectivity index is 2.05. The first kappa shape index (κ1) is 13.8. The zero-order valence-corrected chi connectivity index (χ0v) is 11.4. The molecule has 1 aliphatic rings. The Bertz CT molecular complexity index is 461. The van der Waals surface area contributed by atoms with Crippen molar-refractivity contribution in [3.05, 3.63) is 29.6 Å². The molecule has 0 saturated heterocycles. The fraction of sp³-hybridized carbons (Fsp3) is 0.533. The second kappa shape index (κ2) is 6.04. The number of amides is 1. The van der Waals surface area contributed by atoms with Crippen LogP contribution in [0.1, 0.15) is 43.0 Å². The minimum Gasteiger partial charge on any atom is -0.494 e. The molecule has 0 aromatic heterocycles. The van der Waals surface area contributed by atoms with Crippen molar-refractivity contribution in [2.24, 2.45) is 5.92 Å². The maximum absolute atomic E-state index is 13.6. The summed E-state index contributed by atoms with van der Waals surface area (Å²) >= 11 is 0. The number of methoxy groups -OCH3 is 1. The zero-order chi connectivity index (χ0) is 13.8. The highest BCUT2D eigenvalue weighted by Crippen LogP contribution is 2.24. The van der Waals surface area contributed by atoms with Crippen LogP contribution in [0.5, 0.6) is 5.75 Å². The van der Waals surface area contributed by atoms with Crippen molar-refractivity contribution < 1.29 is 13.9 Å². The standard InChI is InChI=1S/C15H20FNO2/c1-10-5-3-4-6-13(10)17-15(18)11-7-8-14(19-2)12(16)9-11/h7-10,13H,3-6H2,1-2H3,(H,17,18)/t10-,13-/m0/s1. The molecule has 1 amide bonds. The molecule has 0 bridgehead atoms. The summed E-state index contributed by atoms with van der Waals surface area (Å²) in [7, 11) is 1.40. The Hall–Kier alpha value is -1.58. The van der Waals surface area contributed by atoms with E-state index in [-0.39, 0.29) is 17.7 Å². The van der Waals surface area contributed by atoms with Gasteiger partial charge in [-0.1, -0.05) is 19.8 Å². The summed E-state index contributed by atoms with van der Waals surface area (Å²) in [4.78, 5) is 12.1. The fourth-order valence-electron chi connectivity index (χ4n) is 2.59. The quantitative estimate of drug-likeness (QED) is 0.911. The number of carbonyl (C=O) groups is 1. The van der Waals surface area contributed by atoms with Crippen LogP contribution >= 0.6 is 0 Å². The van der Waals surface area contributed by atoms with Gasteiger partial charge in [0.15, 0.2) is 11.6 Å². The number of halogens is 1. The number of benzene rings is 1. The Morgan fingerprint density at radius 1 is 1.37 bits per heavy atom. The van der Waals surface area contributed by atoms with E-state index in [1.807, 2.05) is 0 Å². The Morgan fingerprint density at radius 2 is 2.11 bits per heavy atom. The molecule has 3 nitrogen and oxygen atoms in total. The molecule has 4 heteroatoms. The van der Waals surface area contributed by atoms with Gasteiger partial charge in [0.1, 0.15) is 0 Å². The van der Waals surface area contributed by atoms with Gasteiger partial charge in [-0.2, -0.15) is 0 Å². The number of hydrogen-bond donors (Lipinski definition) is 1. The van der Waals surface area contributed by atoms with Gasteiger partial charge in [0, 0.05) is 11.6 Å². The van der Waals surface area contributed by atoms with Gasteiger partial charge < -0.3 is 10.1 Å². The van der Waals surface area contributed by atoms with Gasteiger partial charge in [0.2, 0.25) is 0 Å². The second-order valence-electron chi connectivity index (χ2n) is 5.19. The number of nitrogens with one attached hydrogen (secondary N) is 1. The van der Waals surface area contributed by atoms with E-state index < -0.39 is 5.82 Å². The normalized spacial score (nSPS) is 22.9. The molecule has 0 unspecified atom stereocenters. The van der Waals surface area contributed by atoms with Gasteiger partial charge in [-0.25, -0.2) is 4.39 Å². The monoisotopic (exact) mass is 265 g/mol. The highest BCUT2D eigenvalue weighted by atomic mass is 19.1. The summed E-state index contributed by atoms with van der Waals surface area (Å²) in [5.74, 6) is -0.0736. The topological polar surface area (TPSA) is 38.3 Å². The van der Waals surface area contributed by atoms with Crippen LogP contribution in [-0.4, -0.2) is 19.1 Å². The summed E-state index contributed by atoms with van der Waals surface area (Å²) in [6.45, 7) is 2.15. The van der Waals surface area contributed by atoms with Crippen LogP contribution in [0.25, 0.3) is 0 Å². The van der Waals surface area contributed by atoms with E-state index >= 15 is 0 Å². The molecule has 1 saturated carbocycles. The van der Waals surface area contributed by atoms with Crippen LogP contribution in [0.4, 0.5) is 4.39 Å². The molecule has 0 spiro atoms. The number of ether oxygens (including phenoxy) is 1. The van der Waals surface area contributed by atoms with E-state index in [0.29, 0.717) is 11.5 Å². The lowest BCUT2D eigenvalue weighted by molar-refractivity contribution is 0.0909. The fourth-order valence-corrected chi connectivity index (χ4v) is 2.59. The average molecular weight is 265 g/mol. The Kier molecular flexibility index (Phi) is 4.40. The van der Waals surface area contributed by atoms with Gasteiger partial charge in [-0.3, -0.25) is 4.79 Å². The predicted molar refractivity (Wildman–Crippen MR) is 71.8 cm³/mol. The van der Waals surface area contributed by atoms with Crippen molar-refractivity contribution in [2.45, 2.75) is 38.6 Å². The van der Waals surface area contributed by atoms with Gasteiger partial charge in [-0.05, 0) is 37.0 Å². The average Bonchev–Trinajstić information content (AvgIpc) is 2.41. The third-order valence-corrected chi connectivity index (χ3v) is 3.84. The molecule has 0 radical (unpaired) electrons. The summed E-state index contributed by atoms with van der Waals surface area (Å²) in [5.41, 5.74) is 0.344. The van der Waals surface area contributed by atoms with Crippen LogP contribution in [0, 0.1) is 11.7 Å². The molecule has 0 heterocycles. The molecule has 0 aliphatic heterocycles. The minimum absolute atomic E-state index is 0.155. The predicted octanol–water partition coefficient (Wildman–Crippen LogP) is 3.14. The molecule has 19 heavy (non-hydrogen) atoms. The van der Waals surface area contributed by atoms with E-state index in [1.54, 1.807) is 6.07 Å². The molecule has 1 N–H and O–H groups in total. The summed E-state index contributed by atoms with van der Waals surface area (Å²) in [6.07, 6.45) is 4.52. The summed E-state index contributed by atoms with van der Waals surface area (Å²) < 4.78 is 18.4. The molecule has 1 aliphatic carbocycles. The van der Waals surface area contributed by atoms with Crippen molar-refractivity contribution in [3.63, 3.8) is 0 Å². The molecule has 1 aromatic rings. The van der Waals surface area contributed by atoms with Crippen molar-refractivity contribution in [1.82, 2.24) is 5.32 Å². The molecule has 104 valence electrons. The number of hydrogen-bond acceptors (Lipinski definition) is 2.